The van der Waals surface area contributed by atoms with Crippen LogP contribution in [0, 0.1) is 6.92 Å². The minimum atomic E-state index is -0.450. The molecule has 1 aromatic heterocycles. The first-order valence-electron chi connectivity index (χ1n) is 9.47. The largest absolute Gasteiger partial charge is 0.393 e. The molecule has 0 saturated heterocycles. The number of hydrogen-bond acceptors (Lipinski definition) is 3. The SMILES string of the molecule is Cc1ccc(Cn2c(CCNC(=O)CC[C@H](C)O)nc3ccccc32)cc1. The summed E-state index contributed by atoms with van der Waals surface area (Å²) in [5, 5.41) is 12.2. The number of amides is 1. The molecule has 5 nitrogen and oxygen atoms in total. The first-order chi connectivity index (χ1) is 13.0. The number of benzene rings is 2. The zero-order chi connectivity index (χ0) is 19.2. The summed E-state index contributed by atoms with van der Waals surface area (Å²) in [7, 11) is 0. The molecule has 0 aliphatic rings. The van der Waals surface area contributed by atoms with Gasteiger partial charge < -0.3 is 15.0 Å². The van der Waals surface area contributed by atoms with E-state index in [0.717, 1.165) is 23.4 Å². The molecule has 0 spiro atoms. The number of hydrogen-bond donors (Lipinski definition) is 2. The number of fused-ring (bicyclic) bond motifs is 1. The normalized spacial score (nSPS) is 12.3. The summed E-state index contributed by atoms with van der Waals surface area (Å²) in [5.74, 6) is 0.935. The van der Waals surface area contributed by atoms with Gasteiger partial charge in [-0.15, -0.1) is 0 Å². The second-order valence-corrected chi connectivity index (χ2v) is 7.08. The summed E-state index contributed by atoms with van der Waals surface area (Å²) >= 11 is 0. The van der Waals surface area contributed by atoms with Gasteiger partial charge in [-0.05, 0) is 38.0 Å². The number of imidazole rings is 1. The topological polar surface area (TPSA) is 67.2 Å². The van der Waals surface area contributed by atoms with E-state index >= 15 is 0 Å². The Bertz CT molecular complexity index is 898. The van der Waals surface area contributed by atoms with Crippen molar-refractivity contribution in [1.29, 1.82) is 0 Å². The lowest BCUT2D eigenvalue weighted by atomic mass is 10.1. The van der Waals surface area contributed by atoms with Crippen molar-refractivity contribution in [2.45, 2.75) is 45.8 Å². The number of aromatic nitrogens is 2. The van der Waals surface area contributed by atoms with E-state index in [2.05, 4.69) is 47.1 Å². The van der Waals surface area contributed by atoms with E-state index in [9.17, 15) is 9.90 Å². The Hall–Kier alpha value is -2.66. The van der Waals surface area contributed by atoms with Crippen LogP contribution in [0.3, 0.4) is 0 Å². The lowest BCUT2D eigenvalue weighted by molar-refractivity contribution is -0.121. The van der Waals surface area contributed by atoms with Crippen molar-refractivity contribution in [3.05, 3.63) is 65.5 Å². The smallest absolute Gasteiger partial charge is 0.220 e. The van der Waals surface area contributed by atoms with E-state index in [4.69, 9.17) is 4.98 Å². The Balaban J connectivity index is 1.72. The summed E-state index contributed by atoms with van der Waals surface area (Å²) in [6.07, 6.45) is 1.05. The Labute approximate surface area is 160 Å². The van der Waals surface area contributed by atoms with Crippen molar-refractivity contribution in [3.8, 4) is 0 Å². The molecule has 3 rings (SSSR count). The van der Waals surface area contributed by atoms with E-state index in [0.29, 0.717) is 25.8 Å². The van der Waals surface area contributed by atoms with Crippen molar-refractivity contribution in [1.82, 2.24) is 14.9 Å². The van der Waals surface area contributed by atoms with E-state index in [1.165, 1.54) is 11.1 Å². The average Bonchev–Trinajstić information content (AvgIpc) is 2.99. The van der Waals surface area contributed by atoms with E-state index in [-0.39, 0.29) is 5.91 Å². The van der Waals surface area contributed by atoms with Crippen LogP contribution in [0.4, 0.5) is 0 Å². The number of aryl methyl sites for hydroxylation is 1. The molecule has 1 amide bonds. The lowest BCUT2D eigenvalue weighted by Gasteiger charge is -2.11. The molecular formula is C22H27N3O2. The van der Waals surface area contributed by atoms with Gasteiger partial charge in [-0.25, -0.2) is 4.98 Å². The van der Waals surface area contributed by atoms with E-state index < -0.39 is 6.10 Å². The van der Waals surface area contributed by atoms with Crippen LogP contribution >= 0.6 is 0 Å². The van der Waals surface area contributed by atoms with Crippen LogP contribution in [0.5, 0.6) is 0 Å². The Morgan fingerprint density at radius 3 is 2.67 bits per heavy atom. The number of carbonyl (C=O) groups excluding carboxylic acids is 1. The summed E-state index contributed by atoms with van der Waals surface area (Å²) in [4.78, 5) is 16.6. The Kier molecular flexibility index (Phi) is 6.24. The van der Waals surface area contributed by atoms with Gasteiger partial charge in [0.05, 0.1) is 17.1 Å². The molecule has 0 aliphatic heterocycles. The van der Waals surface area contributed by atoms with Crippen molar-refractivity contribution in [3.63, 3.8) is 0 Å². The van der Waals surface area contributed by atoms with Gasteiger partial charge in [0.25, 0.3) is 0 Å². The number of aliphatic hydroxyl groups is 1. The van der Waals surface area contributed by atoms with Crippen LogP contribution in [0.15, 0.2) is 48.5 Å². The summed E-state index contributed by atoms with van der Waals surface area (Å²) < 4.78 is 2.22. The predicted molar refractivity (Wildman–Crippen MR) is 108 cm³/mol. The number of rotatable bonds is 8. The highest BCUT2D eigenvalue weighted by atomic mass is 16.3. The number of carbonyl (C=O) groups is 1. The fourth-order valence-electron chi connectivity index (χ4n) is 3.11. The Morgan fingerprint density at radius 2 is 1.93 bits per heavy atom. The molecule has 5 heteroatoms. The molecule has 142 valence electrons. The van der Waals surface area contributed by atoms with Gasteiger partial charge in [-0.2, -0.15) is 0 Å². The summed E-state index contributed by atoms with van der Waals surface area (Å²) in [5.41, 5.74) is 4.55. The zero-order valence-corrected chi connectivity index (χ0v) is 16.0. The van der Waals surface area contributed by atoms with Gasteiger partial charge in [-0.1, -0.05) is 42.0 Å². The second kappa shape index (κ2) is 8.82. The molecule has 0 fully saturated rings. The highest BCUT2D eigenvalue weighted by molar-refractivity contribution is 5.76. The highest BCUT2D eigenvalue weighted by Crippen LogP contribution is 2.18. The maximum absolute atomic E-state index is 11.9. The van der Waals surface area contributed by atoms with Crippen molar-refractivity contribution in [2.24, 2.45) is 0 Å². The number of nitrogens with zero attached hydrogens (tertiary/aromatic N) is 2. The number of aliphatic hydroxyl groups excluding tert-OH is 1. The monoisotopic (exact) mass is 365 g/mol. The highest BCUT2D eigenvalue weighted by Gasteiger charge is 2.11. The molecule has 0 bridgehead atoms. The molecule has 1 atom stereocenters. The van der Waals surface area contributed by atoms with Crippen LogP contribution < -0.4 is 5.32 Å². The van der Waals surface area contributed by atoms with Gasteiger partial charge in [-0.3, -0.25) is 4.79 Å². The minimum Gasteiger partial charge on any atom is -0.393 e. The van der Waals surface area contributed by atoms with Crippen LogP contribution in [0.25, 0.3) is 11.0 Å². The third-order valence-electron chi connectivity index (χ3n) is 4.65. The maximum atomic E-state index is 11.9. The van der Waals surface area contributed by atoms with Gasteiger partial charge in [0.15, 0.2) is 0 Å². The first-order valence-corrected chi connectivity index (χ1v) is 9.47. The fraction of sp³-hybridized carbons (Fsp3) is 0.364. The second-order valence-electron chi connectivity index (χ2n) is 7.08. The third kappa shape index (κ3) is 5.17. The summed E-state index contributed by atoms with van der Waals surface area (Å²) in [6, 6.07) is 16.7. The van der Waals surface area contributed by atoms with Crippen LogP contribution in [0.1, 0.15) is 36.7 Å². The van der Waals surface area contributed by atoms with E-state index in [1.807, 2.05) is 18.2 Å². The average molecular weight is 365 g/mol. The molecule has 3 aromatic rings. The third-order valence-corrected chi connectivity index (χ3v) is 4.65. The van der Waals surface area contributed by atoms with Gasteiger partial charge >= 0.3 is 0 Å². The number of para-hydroxylation sites is 2. The van der Waals surface area contributed by atoms with Crippen molar-refractivity contribution < 1.29 is 9.90 Å². The number of nitrogens with one attached hydrogen (secondary N) is 1. The van der Waals surface area contributed by atoms with Crippen molar-refractivity contribution >= 4 is 16.9 Å². The lowest BCUT2D eigenvalue weighted by Crippen LogP contribution is -2.27. The molecule has 0 radical (unpaired) electrons. The molecule has 0 unspecified atom stereocenters. The summed E-state index contributed by atoms with van der Waals surface area (Å²) in [6.45, 7) is 5.07. The van der Waals surface area contributed by atoms with Crippen molar-refractivity contribution in [2.75, 3.05) is 6.54 Å². The zero-order valence-electron chi connectivity index (χ0n) is 16.0. The Morgan fingerprint density at radius 1 is 1.19 bits per heavy atom. The minimum absolute atomic E-state index is 0.0305. The van der Waals surface area contributed by atoms with Crippen LogP contribution in [-0.4, -0.2) is 33.2 Å². The van der Waals surface area contributed by atoms with Crippen LogP contribution in [-0.2, 0) is 17.8 Å². The molecule has 2 N–H and O–H groups in total. The first kappa shape index (κ1) is 19.1. The molecular weight excluding hydrogens is 338 g/mol. The van der Waals surface area contributed by atoms with Crippen LogP contribution in [0.2, 0.25) is 0 Å². The molecule has 0 aliphatic carbocycles. The predicted octanol–water partition coefficient (Wildman–Crippen LogP) is 3.21. The van der Waals surface area contributed by atoms with E-state index in [1.54, 1.807) is 6.92 Å². The molecule has 0 saturated carbocycles. The fourth-order valence-corrected chi connectivity index (χ4v) is 3.11. The quantitative estimate of drug-likeness (QED) is 0.644. The molecule has 1 heterocycles. The van der Waals surface area contributed by atoms with Gasteiger partial charge in [0.1, 0.15) is 5.82 Å². The molecule has 27 heavy (non-hydrogen) atoms. The van der Waals surface area contributed by atoms with Gasteiger partial charge in [0, 0.05) is 25.9 Å². The maximum Gasteiger partial charge on any atom is 0.220 e. The van der Waals surface area contributed by atoms with Gasteiger partial charge in [0.2, 0.25) is 5.91 Å². The molecule has 2 aromatic carbocycles. The standard InChI is InChI=1S/C22H27N3O2/c1-16-7-10-18(11-8-16)15-25-20-6-4-3-5-19(20)24-21(25)13-14-23-22(27)12-9-17(2)26/h3-8,10-11,17,26H,9,12-15H2,1-2H3,(H,23,27)/t17-/m0/s1.